The second-order valence-corrected chi connectivity index (χ2v) is 4.39. The van der Waals surface area contributed by atoms with E-state index in [1.165, 1.54) is 0 Å². The predicted octanol–water partition coefficient (Wildman–Crippen LogP) is 0.266. The molecule has 6 heteroatoms. The summed E-state index contributed by atoms with van der Waals surface area (Å²) in [5.41, 5.74) is 0.706. The Kier molecular flexibility index (Phi) is 3.57. The summed E-state index contributed by atoms with van der Waals surface area (Å²) >= 11 is 0. The van der Waals surface area contributed by atoms with E-state index < -0.39 is 17.9 Å². The molecule has 0 saturated carbocycles. The highest BCUT2D eigenvalue weighted by Crippen LogP contribution is 2.31. The minimum Gasteiger partial charge on any atom is -0.481 e. The number of aliphatic carboxylic acids is 2. The molecule has 0 aliphatic carbocycles. The van der Waals surface area contributed by atoms with E-state index in [1.807, 2.05) is 0 Å². The molecule has 2 heterocycles. The Morgan fingerprint density at radius 3 is 2.67 bits per heavy atom. The van der Waals surface area contributed by atoms with Crippen LogP contribution in [0.3, 0.4) is 0 Å². The number of likely N-dealkylation sites (tertiary alicyclic amines) is 1. The highest BCUT2D eigenvalue weighted by molar-refractivity contribution is 5.73. The zero-order valence-electron chi connectivity index (χ0n) is 9.69. The van der Waals surface area contributed by atoms with Crippen LogP contribution in [-0.2, 0) is 9.59 Å². The second-order valence-electron chi connectivity index (χ2n) is 4.39. The monoisotopic (exact) mass is 250 g/mol. The molecular formula is C12H14N2O4. The lowest BCUT2D eigenvalue weighted by atomic mass is 9.93. The molecule has 1 saturated heterocycles. The van der Waals surface area contributed by atoms with Gasteiger partial charge in [-0.15, -0.1) is 0 Å². The number of hydrogen-bond acceptors (Lipinski definition) is 4. The Morgan fingerprint density at radius 1 is 1.33 bits per heavy atom. The zero-order valence-corrected chi connectivity index (χ0v) is 9.69. The highest BCUT2D eigenvalue weighted by atomic mass is 16.4. The molecule has 0 bridgehead atoms. The average Bonchev–Trinajstić information content (AvgIpc) is 2.73. The van der Waals surface area contributed by atoms with Crippen LogP contribution in [0.2, 0.25) is 0 Å². The SMILES string of the molecule is O=C(O)CN1C[C@@H](C(=O)O)[C@H](c2ccccn2)C1. The van der Waals surface area contributed by atoms with Crippen molar-refractivity contribution in [2.24, 2.45) is 5.92 Å². The molecule has 96 valence electrons. The molecule has 2 atom stereocenters. The van der Waals surface area contributed by atoms with E-state index >= 15 is 0 Å². The van der Waals surface area contributed by atoms with Gasteiger partial charge in [0.2, 0.25) is 0 Å². The smallest absolute Gasteiger partial charge is 0.317 e. The number of carbonyl (C=O) groups is 2. The molecule has 0 aromatic carbocycles. The Bertz CT molecular complexity index is 449. The van der Waals surface area contributed by atoms with E-state index in [0.717, 1.165) is 0 Å². The van der Waals surface area contributed by atoms with Gasteiger partial charge < -0.3 is 10.2 Å². The topological polar surface area (TPSA) is 90.7 Å². The van der Waals surface area contributed by atoms with E-state index in [2.05, 4.69) is 4.98 Å². The summed E-state index contributed by atoms with van der Waals surface area (Å²) in [6.07, 6.45) is 1.62. The fourth-order valence-electron chi connectivity index (χ4n) is 2.35. The number of carboxylic acids is 2. The van der Waals surface area contributed by atoms with Crippen molar-refractivity contribution in [1.29, 1.82) is 0 Å². The average molecular weight is 250 g/mol. The molecule has 0 amide bonds. The summed E-state index contributed by atoms with van der Waals surface area (Å²) in [6, 6.07) is 5.36. The summed E-state index contributed by atoms with van der Waals surface area (Å²) in [5.74, 6) is -2.69. The molecule has 1 aromatic heterocycles. The Balaban J connectivity index is 2.17. The van der Waals surface area contributed by atoms with Crippen LogP contribution in [-0.4, -0.2) is 51.7 Å². The third kappa shape index (κ3) is 2.65. The summed E-state index contributed by atoms with van der Waals surface area (Å²) in [7, 11) is 0. The third-order valence-electron chi connectivity index (χ3n) is 3.14. The first-order valence-electron chi connectivity index (χ1n) is 5.66. The largest absolute Gasteiger partial charge is 0.481 e. The molecule has 18 heavy (non-hydrogen) atoms. The number of pyridine rings is 1. The zero-order chi connectivity index (χ0) is 13.1. The first-order chi connectivity index (χ1) is 8.58. The Morgan fingerprint density at radius 2 is 2.11 bits per heavy atom. The van der Waals surface area contributed by atoms with Gasteiger partial charge in [0.1, 0.15) is 0 Å². The van der Waals surface area contributed by atoms with Gasteiger partial charge in [-0.25, -0.2) is 0 Å². The maximum Gasteiger partial charge on any atom is 0.317 e. The molecule has 2 rings (SSSR count). The summed E-state index contributed by atoms with van der Waals surface area (Å²) in [6.45, 7) is 0.538. The van der Waals surface area contributed by atoms with Crippen molar-refractivity contribution in [2.45, 2.75) is 5.92 Å². The molecule has 0 unspecified atom stereocenters. The van der Waals surface area contributed by atoms with Crippen molar-refractivity contribution in [1.82, 2.24) is 9.88 Å². The first kappa shape index (κ1) is 12.5. The van der Waals surface area contributed by atoms with Crippen LogP contribution >= 0.6 is 0 Å². The minimum absolute atomic E-state index is 0.132. The molecule has 0 radical (unpaired) electrons. The fourth-order valence-corrected chi connectivity index (χ4v) is 2.35. The van der Waals surface area contributed by atoms with Gasteiger partial charge in [0.25, 0.3) is 0 Å². The molecule has 1 fully saturated rings. The highest BCUT2D eigenvalue weighted by Gasteiger charge is 2.39. The lowest BCUT2D eigenvalue weighted by Crippen LogP contribution is -2.28. The molecule has 1 aliphatic rings. The summed E-state index contributed by atoms with van der Waals surface area (Å²) in [4.78, 5) is 27.7. The van der Waals surface area contributed by atoms with Crippen LogP contribution < -0.4 is 0 Å². The van der Waals surface area contributed by atoms with Crippen LogP contribution in [0.15, 0.2) is 24.4 Å². The van der Waals surface area contributed by atoms with Crippen molar-refractivity contribution >= 4 is 11.9 Å². The van der Waals surface area contributed by atoms with Gasteiger partial charge in [-0.05, 0) is 12.1 Å². The van der Waals surface area contributed by atoms with Crippen LogP contribution in [0.5, 0.6) is 0 Å². The summed E-state index contributed by atoms with van der Waals surface area (Å²) in [5, 5.41) is 17.9. The summed E-state index contributed by atoms with van der Waals surface area (Å²) < 4.78 is 0. The number of nitrogens with zero attached hydrogens (tertiary/aromatic N) is 2. The Hall–Kier alpha value is -1.95. The predicted molar refractivity (Wildman–Crippen MR) is 62.2 cm³/mol. The van der Waals surface area contributed by atoms with Gasteiger partial charge in [-0.3, -0.25) is 19.5 Å². The molecule has 6 nitrogen and oxygen atoms in total. The van der Waals surface area contributed by atoms with Crippen LogP contribution in [0, 0.1) is 5.92 Å². The number of aromatic nitrogens is 1. The molecule has 2 N–H and O–H groups in total. The van der Waals surface area contributed by atoms with E-state index in [1.54, 1.807) is 29.3 Å². The van der Waals surface area contributed by atoms with Crippen molar-refractivity contribution in [3.05, 3.63) is 30.1 Å². The lowest BCUT2D eigenvalue weighted by Gasteiger charge is -2.13. The van der Waals surface area contributed by atoms with Crippen LogP contribution in [0.4, 0.5) is 0 Å². The van der Waals surface area contributed by atoms with Crippen LogP contribution in [0.1, 0.15) is 11.6 Å². The Labute approximate surface area is 104 Å². The third-order valence-corrected chi connectivity index (χ3v) is 3.14. The normalized spacial score (nSPS) is 24.0. The van der Waals surface area contributed by atoms with Gasteiger partial charge in [0.15, 0.2) is 0 Å². The maximum atomic E-state index is 11.2. The second kappa shape index (κ2) is 5.14. The minimum atomic E-state index is -0.944. The molecule has 0 spiro atoms. The first-order valence-corrected chi connectivity index (χ1v) is 5.66. The van der Waals surface area contributed by atoms with E-state index in [9.17, 15) is 14.7 Å². The lowest BCUT2D eigenvalue weighted by molar-refractivity contribution is -0.142. The fraction of sp³-hybridized carbons (Fsp3) is 0.417. The van der Waals surface area contributed by atoms with E-state index in [-0.39, 0.29) is 19.0 Å². The number of hydrogen-bond donors (Lipinski definition) is 2. The van der Waals surface area contributed by atoms with Gasteiger partial charge in [-0.1, -0.05) is 6.07 Å². The number of rotatable bonds is 4. The standard InChI is InChI=1S/C12H14N2O4/c15-11(16)7-14-5-8(9(6-14)12(17)18)10-3-1-2-4-13-10/h1-4,8-9H,5-7H2,(H,15,16)(H,17,18)/t8-,9-/m1/s1. The van der Waals surface area contributed by atoms with Gasteiger partial charge in [0, 0.05) is 30.9 Å². The molecule has 1 aliphatic heterocycles. The van der Waals surface area contributed by atoms with Crippen molar-refractivity contribution in [2.75, 3.05) is 19.6 Å². The molecular weight excluding hydrogens is 236 g/mol. The van der Waals surface area contributed by atoms with Gasteiger partial charge >= 0.3 is 11.9 Å². The number of carboxylic acid groups (broad SMARTS) is 2. The van der Waals surface area contributed by atoms with Crippen LogP contribution in [0.25, 0.3) is 0 Å². The quantitative estimate of drug-likeness (QED) is 0.797. The maximum absolute atomic E-state index is 11.2. The van der Waals surface area contributed by atoms with Crippen molar-refractivity contribution < 1.29 is 19.8 Å². The van der Waals surface area contributed by atoms with Gasteiger partial charge in [-0.2, -0.15) is 0 Å². The molecule has 1 aromatic rings. The van der Waals surface area contributed by atoms with Crippen molar-refractivity contribution in [3.8, 4) is 0 Å². The van der Waals surface area contributed by atoms with E-state index in [4.69, 9.17) is 5.11 Å². The van der Waals surface area contributed by atoms with E-state index in [0.29, 0.717) is 12.2 Å². The van der Waals surface area contributed by atoms with Crippen molar-refractivity contribution in [3.63, 3.8) is 0 Å². The van der Waals surface area contributed by atoms with Gasteiger partial charge in [0.05, 0.1) is 12.5 Å².